The minimum Gasteiger partial charge on any atom is -0.325 e. The van der Waals surface area contributed by atoms with Crippen LogP contribution in [0.4, 0.5) is 5.69 Å². The average Bonchev–Trinajstić information content (AvgIpc) is 2.14. The van der Waals surface area contributed by atoms with Crippen LogP contribution in [0.25, 0.3) is 0 Å². The Labute approximate surface area is 93.2 Å². The van der Waals surface area contributed by atoms with Crippen molar-refractivity contribution in [2.45, 2.75) is 20.3 Å². The van der Waals surface area contributed by atoms with E-state index in [-0.39, 0.29) is 5.91 Å². The van der Waals surface area contributed by atoms with Crippen LogP contribution in [0.3, 0.4) is 0 Å². The van der Waals surface area contributed by atoms with E-state index in [4.69, 9.17) is 23.2 Å². The van der Waals surface area contributed by atoms with E-state index in [1.807, 2.05) is 6.92 Å². The summed E-state index contributed by atoms with van der Waals surface area (Å²) in [7, 11) is 0. The second-order valence-corrected chi connectivity index (χ2v) is 3.80. The molecule has 0 heterocycles. The second-order valence-electron chi connectivity index (χ2n) is 2.98. The molecule has 0 bridgehead atoms. The standard InChI is InChI=1S/C10H11Cl2NO/c1-3-10(14)13-9-5-7(11)6(2)4-8(9)12/h4-5H,3H2,1-2H3,(H,13,14). The van der Waals surface area contributed by atoms with Gasteiger partial charge in [-0.2, -0.15) is 0 Å². The number of hydrogen-bond donors (Lipinski definition) is 1. The van der Waals surface area contributed by atoms with Crippen molar-refractivity contribution < 1.29 is 4.79 Å². The molecule has 0 radical (unpaired) electrons. The van der Waals surface area contributed by atoms with Crippen LogP contribution in [0.2, 0.25) is 10.0 Å². The van der Waals surface area contributed by atoms with Crippen LogP contribution in [0, 0.1) is 6.92 Å². The van der Waals surface area contributed by atoms with Crippen molar-refractivity contribution in [2.24, 2.45) is 0 Å². The van der Waals surface area contributed by atoms with E-state index in [1.54, 1.807) is 19.1 Å². The van der Waals surface area contributed by atoms with Crippen LogP contribution in [0.15, 0.2) is 12.1 Å². The Kier molecular flexibility index (Phi) is 3.78. The molecule has 0 aliphatic heterocycles. The van der Waals surface area contributed by atoms with Crippen molar-refractivity contribution in [3.63, 3.8) is 0 Å². The molecule has 2 nitrogen and oxygen atoms in total. The zero-order chi connectivity index (χ0) is 10.7. The third-order valence-corrected chi connectivity index (χ3v) is 2.56. The number of carbonyl (C=O) groups is 1. The lowest BCUT2D eigenvalue weighted by atomic mass is 10.2. The topological polar surface area (TPSA) is 29.1 Å². The van der Waals surface area contributed by atoms with Crippen LogP contribution in [0.5, 0.6) is 0 Å². The summed E-state index contributed by atoms with van der Waals surface area (Å²) >= 11 is 11.8. The molecule has 0 aromatic heterocycles. The van der Waals surface area contributed by atoms with E-state index >= 15 is 0 Å². The number of aryl methyl sites for hydroxylation is 1. The molecule has 1 aromatic rings. The maximum atomic E-state index is 11.1. The van der Waals surface area contributed by atoms with Gasteiger partial charge in [0.15, 0.2) is 0 Å². The van der Waals surface area contributed by atoms with Crippen molar-refractivity contribution in [3.05, 3.63) is 27.7 Å². The highest BCUT2D eigenvalue weighted by Crippen LogP contribution is 2.28. The number of halogens is 2. The molecule has 1 aromatic carbocycles. The molecular weight excluding hydrogens is 221 g/mol. The van der Waals surface area contributed by atoms with E-state index in [0.29, 0.717) is 22.2 Å². The zero-order valence-corrected chi connectivity index (χ0v) is 9.54. The number of nitrogens with one attached hydrogen (secondary N) is 1. The van der Waals surface area contributed by atoms with Crippen molar-refractivity contribution in [1.29, 1.82) is 0 Å². The van der Waals surface area contributed by atoms with Crippen molar-refractivity contribution in [3.8, 4) is 0 Å². The molecule has 1 N–H and O–H groups in total. The van der Waals surface area contributed by atoms with Gasteiger partial charge in [0, 0.05) is 11.4 Å². The Morgan fingerprint density at radius 2 is 2.00 bits per heavy atom. The van der Waals surface area contributed by atoms with E-state index < -0.39 is 0 Å². The lowest BCUT2D eigenvalue weighted by Crippen LogP contribution is -2.09. The lowest BCUT2D eigenvalue weighted by Gasteiger charge is -2.08. The SMILES string of the molecule is CCC(=O)Nc1cc(Cl)c(C)cc1Cl. The quantitative estimate of drug-likeness (QED) is 0.828. The van der Waals surface area contributed by atoms with Gasteiger partial charge in [-0.15, -0.1) is 0 Å². The van der Waals surface area contributed by atoms with Crippen molar-refractivity contribution in [1.82, 2.24) is 0 Å². The Hall–Kier alpha value is -0.730. The number of rotatable bonds is 2. The summed E-state index contributed by atoms with van der Waals surface area (Å²) in [5.74, 6) is -0.0770. The van der Waals surface area contributed by atoms with E-state index in [9.17, 15) is 4.79 Å². The van der Waals surface area contributed by atoms with Gasteiger partial charge in [0.05, 0.1) is 10.7 Å². The molecule has 1 rings (SSSR count). The number of anilines is 1. The summed E-state index contributed by atoms with van der Waals surface area (Å²) in [5, 5.41) is 3.78. The molecule has 0 unspecified atom stereocenters. The monoisotopic (exact) mass is 231 g/mol. The Bertz CT molecular complexity index is 363. The van der Waals surface area contributed by atoms with Gasteiger partial charge in [-0.05, 0) is 24.6 Å². The zero-order valence-electron chi connectivity index (χ0n) is 8.03. The van der Waals surface area contributed by atoms with Crippen LogP contribution in [-0.4, -0.2) is 5.91 Å². The summed E-state index contributed by atoms with van der Waals surface area (Å²) in [6, 6.07) is 3.39. The first kappa shape index (κ1) is 11.3. The summed E-state index contributed by atoms with van der Waals surface area (Å²) in [6.07, 6.45) is 0.418. The van der Waals surface area contributed by atoms with Gasteiger partial charge >= 0.3 is 0 Å². The predicted octanol–water partition coefficient (Wildman–Crippen LogP) is 3.65. The summed E-state index contributed by atoms with van der Waals surface area (Å²) < 4.78 is 0. The maximum absolute atomic E-state index is 11.1. The molecular formula is C10H11Cl2NO. The molecule has 1 amide bonds. The molecule has 4 heteroatoms. The summed E-state index contributed by atoms with van der Waals surface area (Å²) in [4.78, 5) is 11.1. The molecule has 0 saturated heterocycles. The number of amides is 1. The number of carbonyl (C=O) groups excluding carboxylic acids is 1. The number of benzene rings is 1. The molecule has 0 fully saturated rings. The summed E-state index contributed by atoms with van der Waals surface area (Å²) in [6.45, 7) is 3.64. The third kappa shape index (κ3) is 2.63. The van der Waals surface area contributed by atoms with Gasteiger partial charge in [0.25, 0.3) is 0 Å². The molecule has 0 aliphatic carbocycles. The first-order valence-corrected chi connectivity index (χ1v) is 5.05. The van der Waals surface area contributed by atoms with Gasteiger partial charge in [0.2, 0.25) is 5.91 Å². The first-order valence-electron chi connectivity index (χ1n) is 4.30. The van der Waals surface area contributed by atoms with E-state index in [0.717, 1.165) is 5.56 Å². The molecule has 0 atom stereocenters. The van der Waals surface area contributed by atoms with Gasteiger partial charge in [0.1, 0.15) is 0 Å². The molecule has 0 aliphatic rings. The normalized spacial score (nSPS) is 10.0. The second kappa shape index (κ2) is 4.67. The molecule has 76 valence electrons. The Balaban J connectivity index is 2.98. The van der Waals surface area contributed by atoms with Crippen molar-refractivity contribution in [2.75, 3.05) is 5.32 Å². The minimum absolute atomic E-state index is 0.0770. The Morgan fingerprint density at radius 1 is 1.36 bits per heavy atom. The van der Waals surface area contributed by atoms with E-state index in [2.05, 4.69) is 5.32 Å². The maximum Gasteiger partial charge on any atom is 0.224 e. The predicted molar refractivity (Wildman–Crippen MR) is 60.1 cm³/mol. The first-order chi connectivity index (χ1) is 6.54. The van der Waals surface area contributed by atoms with Crippen LogP contribution < -0.4 is 5.32 Å². The van der Waals surface area contributed by atoms with Gasteiger partial charge in [-0.3, -0.25) is 4.79 Å². The van der Waals surface area contributed by atoms with Gasteiger partial charge in [-0.25, -0.2) is 0 Å². The highest BCUT2D eigenvalue weighted by molar-refractivity contribution is 6.36. The smallest absolute Gasteiger partial charge is 0.224 e. The lowest BCUT2D eigenvalue weighted by molar-refractivity contribution is -0.115. The highest BCUT2D eigenvalue weighted by atomic mass is 35.5. The van der Waals surface area contributed by atoms with Gasteiger partial charge in [-0.1, -0.05) is 30.1 Å². The fraction of sp³-hybridized carbons (Fsp3) is 0.300. The third-order valence-electron chi connectivity index (χ3n) is 1.84. The highest BCUT2D eigenvalue weighted by Gasteiger charge is 2.06. The van der Waals surface area contributed by atoms with Crippen LogP contribution in [0.1, 0.15) is 18.9 Å². The number of hydrogen-bond acceptors (Lipinski definition) is 1. The largest absolute Gasteiger partial charge is 0.325 e. The van der Waals surface area contributed by atoms with Gasteiger partial charge < -0.3 is 5.32 Å². The van der Waals surface area contributed by atoms with Crippen LogP contribution in [-0.2, 0) is 4.79 Å². The fourth-order valence-electron chi connectivity index (χ4n) is 0.981. The summed E-state index contributed by atoms with van der Waals surface area (Å²) in [5.41, 5.74) is 1.46. The molecule has 0 spiro atoms. The Morgan fingerprint density at radius 3 is 2.57 bits per heavy atom. The molecule has 0 saturated carbocycles. The van der Waals surface area contributed by atoms with E-state index in [1.165, 1.54) is 0 Å². The fourth-order valence-corrected chi connectivity index (χ4v) is 1.41. The minimum atomic E-state index is -0.0770. The average molecular weight is 232 g/mol. The van der Waals surface area contributed by atoms with Crippen molar-refractivity contribution >= 4 is 34.8 Å². The van der Waals surface area contributed by atoms with Crippen LogP contribution >= 0.6 is 23.2 Å². The molecule has 14 heavy (non-hydrogen) atoms.